The average molecular weight is 789 g/mol. The van der Waals surface area contributed by atoms with Gasteiger partial charge in [0.2, 0.25) is 0 Å². The van der Waals surface area contributed by atoms with Crippen molar-refractivity contribution in [3.05, 3.63) is 0 Å². The highest BCUT2D eigenvalue weighted by Crippen LogP contribution is 2.27. The molecule has 0 aromatic carbocycles. The Morgan fingerprint density at radius 2 is 0.680 bits per heavy atom. The van der Waals surface area contributed by atoms with Gasteiger partial charge in [-0.15, -0.1) is 0 Å². The lowest BCUT2D eigenvalue weighted by Crippen LogP contribution is -2.57. The van der Waals surface area contributed by atoms with Crippen LogP contribution in [0.1, 0.15) is 25.7 Å². The molecule has 0 N–H and O–H groups in total. The molecule has 50 heavy (non-hydrogen) atoms. The Morgan fingerprint density at radius 3 is 0.920 bits per heavy atom. The molecule has 0 aliphatic carbocycles. The van der Waals surface area contributed by atoms with Crippen molar-refractivity contribution in [3.63, 3.8) is 0 Å². The molecule has 0 amide bonds. The van der Waals surface area contributed by atoms with Crippen LogP contribution >= 0.6 is 0 Å². The van der Waals surface area contributed by atoms with Gasteiger partial charge in [0.1, 0.15) is 24.4 Å². The summed E-state index contributed by atoms with van der Waals surface area (Å²) in [4.78, 5) is 0. The van der Waals surface area contributed by atoms with E-state index in [9.17, 15) is 0 Å². The first-order chi connectivity index (χ1) is 24.0. The number of hydrogen-bond donors (Lipinski definition) is 0. The Balaban J connectivity index is 0.000000274. The summed E-state index contributed by atoms with van der Waals surface area (Å²) in [6.07, 6.45) is 5.01. The third kappa shape index (κ3) is 20.7. The van der Waals surface area contributed by atoms with Crippen LogP contribution in [0.2, 0.25) is 50.4 Å². The molecule has 4 atom stereocenters. The van der Waals surface area contributed by atoms with E-state index >= 15 is 0 Å². The SMILES string of the molecule is CO[Si](CCCOCC1CO1)(OC)O[Si](CCCOCC1CO1)(OC)OC.C[Si](C)(CCCOCC1CO1)O[Si](C)(C)CCCOCC1CO1. The molecule has 4 saturated heterocycles. The summed E-state index contributed by atoms with van der Waals surface area (Å²) in [5, 5.41) is 0. The van der Waals surface area contributed by atoms with Crippen molar-refractivity contribution in [3.8, 4) is 0 Å². The maximum Gasteiger partial charge on any atom is 0.493 e. The molecule has 4 heterocycles. The standard InChI is InChI=1S/C16H34O9Si2.C16H34O5Si2/c1-17-26(18-2,9-5-7-21-11-15-13-23-15)25-27(19-3,20-4)10-6-8-22-12-16-14-24-16;1-22(2,9-5-7-17-11-15-13-19-15)21-23(3,4)10-6-8-18-12-16-14-20-16/h15-16H,5-14H2,1-4H3;15-16H,5-14H2,1-4H3. The summed E-state index contributed by atoms with van der Waals surface area (Å²) in [7, 11) is -2.58. The van der Waals surface area contributed by atoms with Gasteiger partial charge < -0.3 is 63.8 Å². The zero-order valence-corrected chi connectivity index (χ0v) is 36.2. The molecule has 18 heteroatoms. The Bertz CT molecular complexity index is 815. The van der Waals surface area contributed by atoms with Crippen LogP contribution < -0.4 is 0 Å². The molecule has 4 aliphatic rings. The molecule has 0 radical (unpaired) electrons. The van der Waals surface area contributed by atoms with Gasteiger partial charge in [-0.1, -0.05) is 0 Å². The van der Waals surface area contributed by atoms with Crippen LogP contribution in [0.25, 0.3) is 0 Å². The van der Waals surface area contributed by atoms with Crippen LogP contribution in [0.5, 0.6) is 0 Å². The number of epoxide rings is 4. The Hall–Kier alpha value is 0.308. The van der Waals surface area contributed by atoms with E-state index in [1.165, 1.54) is 12.1 Å². The lowest BCUT2D eigenvalue weighted by Gasteiger charge is -2.35. The van der Waals surface area contributed by atoms with Gasteiger partial charge in [-0.2, -0.15) is 0 Å². The third-order valence-electron chi connectivity index (χ3n) is 8.61. The topological polar surface area (TPSA) is 142 Å². The Kier molecular flexibility index (Phi) is 20.8. The molecule has 0 spiro atoms. The van der Waals surface area contributed by atoms with E-state index in [2.05, 4.69) is 26.2 Å². The maximum absolute atomic E-state index is 6.62. The van der Waals surface area contributed by atoms with Gasteiger partial charge in [-0.3, -0.25) is 0 Å². The number of rotatable bonds is 32. The fraction of sp³-hybridized carbons (Fsp3) is 1.00. The van der Waals surface area contributed by atoms with Crippen molar-refractivity contribution in [2.75, 3.05) is 108 Å². The molecule has 0 aromatic heterocycles. The van der Waals surface area contributed by atoms with Crippen molar-refractivity contribution < 1.29 is 63.8 Å². The van der Waals surface area contributed by atoms with Crippen LogP contribution in [0.3, 0.4) is 0 Å². The van der Waals surface area contributed by atoms with E-state index in [0.717, 1.165) is 78.5 Å². The predicted molar refractivity (Wildman–Crippen MR) is 197 cm³/mol. The van der Waals surface area contributed by atoms with Crippen molar-refractivity contribution >= 4 is 34.2 Å². The molecule has 14 nitrogen and oxygen atoms in total. The van der Waals surface area contributed by atoms with Gasteiger partial charge in [-0.25, -0.2) is 0 Å². The third-order valence-corrected chi connectivity index (χ3v) is 23.1. The first-order valence-electron chi connectivity index (χ1n) is 18.4. The van der Waals surface area contributed by atoms with E-state index in [-0.39, 0.29) is 12.2 Å². The number of ether oxygens (including phenoxy) is 8. The highest BCUT2D eigenvalue weighted by molar-refractivity contribution is 6.84. The molecular formula is C32H68O14Si4. The predicted octanol–water partition coefficient (Wildman–Crippen LogP) is 4.10. The highest BCUT2D eigenvalue weighted by atomic mass is 28.5. The van der Waals surface area contributed by atoms with Crippen LogP contribution in [0.4, 0.5) is 0 Å². The second-order valence-corrected chi connectivity index (χ2v) is 29.5. The minimum Gasteiger partial charge on any atom is -0.455 e. The molecule has 0 saturated carbocycles. The summed E-state index contributed by atoms with van der Waals surface area (Å²) in [5.41, 5.74) is 0. The lowest BCUT2D eigenvalue weighted by atomic mass is 10.5. The largest absolute Gasteiger partial charge is 0.493 e. The van der Waals surface area contributed by atoms with Gasteiger partial charge in [0.15, 0.2) is 16.6 Å². The van der Waals surface area contributed by atoms with Gasteiger partial charge >= 0.3 is 17.6 Å². The monoisotopic (exact) mass is 788 g/mol. The second kappa shape index (κ2) is 23.3. The van der Waals surface area contributed by atoms with E-state index in [1.54, 1.807) is 28.4 Å². The van der Waals surface area contributed by atoms with E-state index in [0.29, 0.717) is 50.7 Å². The van der Waals surface area contributed by atoms with Crippen molar-refractivity contribution in [2.45, 2.75) is 100 Å². The quantitative estimate of drug-likeness (QED) is 0.0549. The minimum absolute atomic E-state index is 0.267. The lowest BCUT2D eigenvalue weighted by molar-refractivity contribution is 0.0753. The second-order valence-electron chi connectivity index (χ2n) is 14.4. The zero-order valence-electron chi connectivity index (χ0n) is 32.2. The first kappa shape index (κ1) is 44.7. The molecule has 4 aliphatic heterocycles. The van der Waals surface area contributed by atoms with Gasteiger partial charge in [-0.05, 0) is 64.0 Å². The van der Waals surface area contributed by atoms with Gasteiger partial charge in [0.25, 0.3) is 0 Å². The Labute approximate surface area is 305 Å². The average Bonchev–Trinajstić information content (AvgIpc) is 3.86. The molecule has 296 valence electrons. The smallest absolute Gasteiger partial charge is 0.455 e. The molecule has 0 aromatic rings. The summed E-state index contributed by atoms with van der Waals surface area (Å²) in [6, 6.07) is 3.60. The summed E-state index contributed by atoms with van der Waals surface area (Å²) >= 11 is 0. The fourth-order valence-corrected chi connectivity index (χ4v) is 20.6. The molecular weight excluding hydrogens is 721 g/mol. The van der Waals surface area contributed by atoms with Crippen LogP contribution in [-0.4, -0.2) is 166 Å². The minimum atomic E-state index is -2.92. The maximum atomic E-state index is 6.62. The summed E-state index contributed by atoms with van der Waals surface area (Å²) in [5.74, 6) is 0. The summed E-state index contributed by atoms with van der Waals surface area (Å²) < 4.78 is 78.7. The Morgan fingerprint density at radius 1 is 0.420 bits per heavy atom. The van der Waals surface area contributed by atoms with E-state index < -0.39 is 34.2 Å². The van der Waals surface area contributed by atoms with E-state index in [1.807, 2.05) is 0 Å². The van der Waals surface area contributed by atoms with Crippen molar-refractivity contribution in [1.82, 2.24) is 0 Å². The zero-order chi connectivity index (χ0) is 36.4. The normalized spacial score (nSPS) is 23.0. The fourth-order valence-electron chi connectivity index (χ4n) is 5.43. The van der Waals surface area contributed by atoms with Gasteiger partial charge in [0, 0.05) is 67.0 Å². The first-order valence-corrected chi connectivity index (χ1v) is 28.4. The van der Waals surface area contributed by atoms with Crippen molar-refractivity contribution in [1.29, 1.82) is 0 Å². The van der Waals surface area contributed by atoms with Crippen LogP contribution in [0, 0.1) is 0 Å². The molecule has 4 fully saturated rings. The highest BCUT2D eigenvalue weighted by Gasteiger charge is 2.51. The van der Waals surface area contributed by atoms with Crippen LogP contribution in [0.15, 0.2) is 0 Å². The summed E-state index contributed by atoms with van der Waals surface area (Å²) in [6.45, 7) is 18.4. The molecule has 4 unspecified atom stereocenters. The van der Waals surface area contributed by atoms with Gasteiger partial charge in [0.05, 0.1) is 52.9 Å². The number of hydrogen-bond acceptors (Lipinski definition) is 14. The molecule has 0 bridgehead atoms. The van der Waals surface area contributed by atoms with Crippen LogP contribution in [-0.2, 0) is 63.8 Å². The van der Waals surface area contributed by atoms with E-state index in [4.69, 9.17) is 63.8 Å². The van der Waals surface area contributed by atoms with Crippen molar-refractivity contribution in [2.24, 2.45) is 0 Å². The molecule has 4 rings (SSSR count).